The molecule has 3 atom stereocenters. The molecule has 0 unspecified atom stereocenters. The Balaban J connectivity index is 2.71. The molecule has 0 aromatic heterocycles. The van der Waals surface area contributed by atoms with Gasteiger partial charge in [0.1, 0.15) is 24.0 Å². The molecule has 0 amide bonds. The van der Waals surface area contributed by atoms with Crippen LogP contribution in [0.25, 0.3) is 0 Å². The molecule has 0 radical (unpaired) electrons. The molecule has 0 fully saturated rings. The van der Waals surface area contributed by atoms with Gasteiger partial charge in [-0.05, 0) is 38.8 Å². The zero-order valence-electron chi connectivity index (χ0n) is 12.9. The summed E-state index contributed by atoms with van der Waals surface area (Å²) in [7, 11) is 0. The van der Waals surface area contributed by atoms with Crippen LogP contribution in [0.3, 0.4) is 0 Å². The van der Waals surface area contributed by atoms with E-state index in [-0.39, 0.29) is 18.1 Å². The number of hydrogen-bond donors (Lipinski definition) is 1. The Hall–Kier alpha value is -1.55. The lowest BCUT2D eigenvalue weighted by atomic mass is 10.0. The fraction of sp³-hybridized carbons (Fsp3) is 0.562. The maximum Gasteiger partial charge on any atom is 0.323 e. The van der Waals surface area contributed by atoms with Gasteiger partial charge >= 0.3 is 5.97 Å². The van der Waals surface area contributed by atoms with E-state index in [1.54, 1.807) is 6.92 Å². The molecule has 0 aliphatic carbocycles. The van der Waals surface area contributed by atoms with E-state index in [2.05, 4.69) is 0 Å². The fourth-order valence-corrected chi connectivity index (χ4v) is 1.91. The summed E-state index contributed by atoms with van der Waals surface area (Å²) in [4.78, 5) is 11.7. The van der Waals surface area contributed by atoms with Gasteiger partial charge in [-0.25, -0.2) is 0 Å². The molecule has 4 heteroatoms. The molecule has 0 saturated heterocycles. The minimum Gasteiger partial charge on any atom is -0.487 e. The number of aryl methyl sites for hydroxylation is 1. The monoisotopic (exact) mass is 279 g/mol. The minimum absolute atomic E-state index is 0.151. The molecule has 1 aromatic carbocycles. The molecule has 2 N–H and O–H groups in total. The van der Waals surface area contributed by atoms with E-state index < -0.39 is 12.0 Å². The fourth-order valence-electron chi connectivity index (χ4n) is 1.91. The van der Waals surface area contributed by atoms with Crippen LogP contribution >= 0.6 is 0 Å². The van der Waals surface area contributed by atoms with Crippen LogP contribution in [0, 0.1) is 12.8 Å². The Kier molecular flexibility index (Phi) is 6.02. The first-order valence-electron chi connectivity index (χ1n) is 7.00. The Morgan fingerprint density at radius 1 is 1.10 bits per heavy atom. The van der Waals surface area contributed by atoms with E-state index in [0.717, 1.165) is 5.75 Å². The minimum atomic E-state index is -0.622. The topological polar surface area (TPSA) is 61.5 Å². The predicted molar refractivity (Wildman–Crippen MR) is 79.6 cm³/mol. The van der Waals surface area contributed by atoms with Gasteiger partial charge in [-0.3, -0.25) is 4.79 Å². The van der Waals surface area contributed by atoms with Crippen molar-refractivity contribution in [1.29, 1.82) is 0 Å². The Morgan fingerprint density at radius 3 is 2.10 bits per heavy atom. The van der Waals surface area contributed by atoms with Crippen LogP contribution in [-0.4, -0.2) is 24.2 Å². The number of rotatable bonds is 6. The third-order valence-electron chi connectivity index (χ3n) is 3.09. The van der Waals surface area contributed by atoms with Crippen molar-refractivity contribution in [1.82, 2.24) is 0 Å². The first-order chi connectivity index (χ1) is 9.31. The van der Waals surface area contributed by atoms with Crippen LogP contribution in [0.2, 0.25) is 0 Å². The quantitative estimate of drug-likeness (QED) is 0.813. The van der Waals surface area contributed by atoms with Crippen molar-refractivity contribution >= 4 is 5.97 Å². The maximum absolute atomic E-state index is 11.7. The summed E-state index contributed by atoms with van der Waals surface area (Å²) in [6.07, 6.45) is -0.560. The molecule has 0 aliphatic heterocycles. The molecule has 20 heavy (non-hydrogen) atoms. The number of benzene rings is 1. The van der Waals surface area contributed by atoms with Crippen molar-refractivity contribution in [3.8, 4) is 5.75 Å². The summed E-state index contributed by atoms with van der Waals surface area (Å²) in [5, 5.41) is 0. The third kappa shape index (κ3) is 4.85. The smallest absolute Gasteiger partial charge is 0.323 e. The molecule has 112 valence electrons. The van der Waals surface area contributed by atoms with Crippen LogP contribution in [0.4, 0.5) is 0 Å². The summed E-state index contributed by atoms with van der Waals surface area (Å²) in [6.45, 7) is 9.53. The molecule has 0 spiro atoms. The van der Waals surface area contributed by atoms with Gasteiger partial charge in [0.05, 0.1) is 0 Å². The predicted octanol–water partition coefficient (Wildman–Crippen LogP) is 2.68. The Morgan fingerprint density at radius 2 is 1.65 bits per heavy atom. The lowest BCUT2D eigenvalue weighted by molar-refractivity contribution is -0.157. The highest BCUT2D eigenvalue weighted by molar-refractivity contribution is 5.75. The first-order valence-corrected chi connectivity index (χ1v) is 7.00. The van der Waals surface area contributed by atoms with E-state index in [9.17, 15) is 4.79 Å². The molecule has 0 saturated carbocycles. The van der Waals surface area contributed by atoms with Gasteiger partial charge in [0.25, 0.3) is 0 Å². The van der Waals surface area contributed by atoms with Gasteiger partial charge in [-0.2, -0.15) is 0 Å². The van der Waals surface area contributed by atoms with Crippen molar-refractivity contribution in [2.75, 3.05) is 0 Å². The van der Waals surface area contributed by atoms with Crippen molar-refractivity contribution < 1.29 is 14.3 Å². The molecule has 0 bridgehead atoms. The molecule has 4 nitrogen and oxygen atoms in total. The van der Waals surface area contributed by atoms with E-state index in [4.69, 9.17) is 15.2 Å². The standard InChI is InChI=1S/C16H25NO3/c1-10(2)15(20-16(18)12(4)17)13(5)19-14-8-6-11(3)7-9-14/h6-10,12-13,15H,17H2,1-5H3/t12-,13-,15-/m0/s1. The third-order valence-corrected chi connectivity index (χ3v) is 3.09. The number of esters is 1. The highest BCUT2D eigenvalue weighted by atomic mass is 16.6. The molecule has 0 heterocycles. The second-order valence-corrected chi connectivity index (χ2v) is 5.57. The summed E-state index contributed by atoms with van der Waals surface area (Å²) in [6, 6.07) is 7.18. The van der Waals surface area contributed by atoms with Crippen LogP contribution < -0.4 is 10.5 Å². The Bertz CT molecular complexity index is 426. The van der Waals surface area contributed by atoms with Crippen molar-refractivity contribution in [2.45, 2.75) is 52.9 Å². The van der Waals surface area contributed by atoms with Gasteiger partial charge < -0.3 is 15.2 Å². The summed E-state index contributed by atoms with van der Waals surface area (Å²) in [5.74, 6) is 0.520. The second kappa shape index (κ2) is 7.29. The maximum atomic E-state index is 11.7. The van der Waals surface area contributed by atoms with Gasteiger partial charge in [0.2, 0.25) is 0 Å². The van der Waals surface area contributed by atoms with Gasteiger partial charge in [0, 0.05) is 0 Å². The largest absolute Gasteiger partial charge is 0.487 e. The van der Waals surface area contributed by atoms with E-state index in [0.29, 0.717) is 0 Å². The van der Waals surface area contributed by atoms with Crippen LogP contribution in [-0.2, 0) is 9.53 Å². The normalized spacial score (nSPS) is 15.6. The van der Waals surface area contributed by atoms with Crippen molar-refractivity contribution in [3.05, 3.63) is 29.8 Å². The number of ether oxygens (including phenoxy) is 2. The zero-order chi connectivity index (χ0) is 15.3. The number of nitrogens with two attached hydrogens (primary N) is 1. The number of hydrogen-bond acceptors (Lipinski definition) is 4. The number of carbonyl (C=O) groups excluding carboxylic acids is 1. The summed E-state index contributed by atoms with van der Waals surface area (Å²) >= 11 is 0. The molecule has 0 aliphatic rings. The molecule has 1 aromatic rings. The van der Waals surface area contributed by atoms with Gasteiger partial charge in [-0.1, -0.05) is 31.5 Å². The Labute approximate surface area is 121 Å². The highest BCUT2D eigenvalue weighted by Crippen LogP contribution is 2.19. The molecular formula is C16H25NO3. The van der Waals surface area contributed by atoms with E-state index >= 15 is 0 Å². The van der Waals surface area contributed by atoms with E-state index in [1.807, 2.05) is 52.0 Å². The lowest BCUT2D eigenvalue weighted by Gasteiger charge is -2.28. The molecule has 1 rings (SSSR count). The number of carbonyl (C=O) groups is 1. The average molecular weight is 279 g/mol. The van der Waals surface area contributed by atoms with Crippen LogP contribution in [0.5, 0.6) is 5.75 Å². The lowest BCUT2D eigenvalue weighted by Crippen LogP contribution is -2.41. The highest BCUT2D eigenvalue weighted by Gasteiger charge is 2.27. The van der Waals surface area contributed by atoms with Crippen molar-refractivity contribution in [2.24, 2.45) is 11.7 Å². The van der Waals surface area contributed by atoms with Gasteiger partial charge in [0.15, 0.2) is 0 Å². The van der Waals surface area contributed by atoms with E-state index in [1.165, 1.54) is 5.56 Å². The summed E-state index contributed by atoms with van der Waals surface area (Å²) in [5.41, 5.74) is 6.71. The van der Waals surface area contributed by atoms with Gasteiger partial charge in [-0.15, -0.1) is 0 Å². The van der Waals surface area contributed by atoms with Crippen molar-refractivity contribution in [3.63, 3.8) is 0 Å². The zero-order valence-corrected chi connectivity index (χ0v) is 12.9. The average Bonchev–Trinajstić information content (AvgIpc) is 2.37. The summed E-state index contributed by atoms with van der Waals surface area (Å²) < 4.78 is 11.3. The SMILES string of the molecule is Cc1ccc(O[C@@H](C)[C@@H](OC(=O)[C@H](C)N)C(C)C)cc1. The second-order valence-electron chi connectivity index (χ2n) is 5.57. The van der Waals surface area contributed by atoms with Crippen LogP contribution in [0.1, 0.15) is 33.3 Å². The first kappa shape index (κ1) is 16.5. The molecular weight excluding hydrogens is 254 g/mol. The van der Waals surface area contributed by atoms with Crippen LogP contribution in [0.15, 0.2) is 24.3 Å².